The highest BCUT2D eigenvalue weighted by molar-refractivity contribution is 5.83. The number of H-pyrrole nitrogens is 1. The molecule has 1 N–H and O–H groups in total. The first-order valence-electron chi connectivity index (χ1n) is 13.3. The molecule has 3 aromatic rings. The number of hydrogen-bond donors (Lipinski definition) is 1. The zero-order valence-electron chi connectivity index (χ0n) is 21.3. The summed E-state index contributed by atoms with van der Waals surface area (Å²) >= 11 is 0. The molecule has 2 aromatic heterocycles. The molecule has 1 aliphatic heterocycles. The Hall–Kier alpha value is -2.58. The molecule has 2 unspecified atom stereocenters. The molecule has 35 heavy (non-hydrogen) atoms. The summed E-state index contributed by atoms with van der Waals surface area (Å²) in [6.45, 7) is 8.44. The van der Waals surface area contributed by atoms with Crippen LogP contribution >= 0.6 is 0 Å². The summed E-state index contributed by atoms with van der Waals surface area (Å²) < 4.78 is 8.10. The number of aromatic amines is 1. The molecule has 3 heterocycles. The monoisotopic (exact) mass is 478 g/mol. The average molecular weight is 479 g/mol. The van der Waals surface area contributed by atoms with Crippen molar-refractivity contribution in [2.75, 3.05) is 13.2 Å². The quantitative estimate of drug-likeness (QED) is 0.502. The van der Waals surface area contributed by atoms with Crippen molar-refractivity contribution in [2.45, 2.75) is 96.9 Å². The van der Waals surface area contributed by atoms with Gasteiger partial charge in [-0.2, -0.15) is 0 Å². The molecule has 0 bridgehead atoms. The molecule has 2 aliphatic rings. The van der Waals surface area contributed by atoms with Crippen molar-refractivity contribution in [2.24, 2.45) is 0 Å². The summed E-state index contributed by atoms with van der Waals surface area (Å²) in [5, 5.41) is 14.1. The van der Waals surface area contributed by atoms with Crippen molar-refractivity contribution in [1.29, 1.82) is 0 Å². The van der Waals surface area contributed by atoms with E-state index in [9.17, 15) is 4.79 Å². The second kappa shape index (κ2) is 10.6. The third kappa shape index (κ3) is 5.05. The van der Waals surface area contributed by atoms with Gasteiger partial charge in [0.05, 0.1) is 23.7 Å². The summed E-state index contributed by atoms with van der Waals surface area (Å²) in [6, 6.07) is 6.66. The minimum atomic E-state index is -0.0229. The van der Waals surface area contributed by atoms with Gasteiger partial charge in [-0.05, 0) is 79.0 Å². The Kier molecular flexibility index (Phi) is 7.29. The van der Waals surface area contributed by atoms with Gasteiger partial charge in [0.2, 0.25) is 0 Å². The van der Waals surface area contributed by atoms with Gasteiger partial charge in [-0.25, -0.2) is 4.68 Å². The lowest BCUT2D eigenvalue weighted by Gasteiger charge is -2.33. The molecular formula is C27H38N6O2. The molecule has 5 rings (SSSR count). The van der Waals surface area contributed by atoms with Crippen LogP contribution in [0.1, 0.15) is 92.9 Å². The fourth-order valence-electron chi connectivity index (χ4n) is 5.87. The van der Waals surface area contributed by atoms with Crippen LogP contribution in [0.15, 0.2) is 23.0 Å². The highest BCUT2D eigenvalue weighted by atomic mass is 16.5. The van der Waals surface area contributed by atoms with Gasteiger partial charge >= 0.3 is 0 Å². The summed E-state index contributed by atoms with van der Waals surface area (Å²) in [5.41, 5.74) is 3.99. The topological polar surface area (TPSA) is 88.9 Å². The summed E-state index contributed by atoms with van der Waals surface area (Å²) in [7, 11) is 0. The van der Waals surface area contributed by atoms with Crippen molar-refractivity contribution in [3.63, 3.8) is 0 Å². The Balaban J connectivity index is 1.49. The highest BCUT2D eigenvalue weighted by Gasteiger charge is 2.31. The van der Waals surface area contributed by atoms with E-state index in [4.69, 9.17) is 4.74 Å². The van der Waals surface area contributed by atoms with E-state index in [1.54, 1.807) is 0 Å². The second-order valence-corrected chi connectivity index (χ2v) is 10.4. The zero-order chi connectivity index (χ0) is 24.4. The van der Waals surface area contributed by atoms with Gasteiger partial charge in [-0.1, -0.05) is 38.3 Å². The third-order valence-electron chi connectivity index (χ3n) is 8.03. The van der Waals surface area contributed by atoms with Crippen LogP contribution in [0.3, 0.4) is 0 Å². The van der Waals surface area contributed by atoms with Crippen LogP contribution in [-0.4, -0.2) is 49.3 Å². The SMILES string of the molecule is CCC(c1nnnn1C1CCCCC1)N(Cc1cc2ccc(C)c(C)c2[nH]c1=O)CC1CCCO1. The fourth-order valence-corrected chi connectivity index (χ4v) is 5.87. The summed E-state index contributed by atoms with van der Waals surface area (Å²) in [5.74, 6) is 0.918. The van der Waals surface area contributed by atoms with Gasteiger partial charge in [0, 0.05) is 25.3 Å². The zero-order valence-corrected chi connectivity index (χ0v) is 21.3. The Morgan fingerprint density at radius 3 is 2.74 bits per heavy atom. The van der Waals surface area contributed by atoms with Gasteiger partial charge in [0.1, 0.15) is 0 Å². The molecule has 1 aliphatic carbocycles. The van der Waals surface area contributed by atoms with Crippen LogP contribution in [0, 0.1) is 13.8 Å². The maximum atomic E-state index is 13.2. The standard InChI is InChI=1S/C27H38N6O2/c1-4-24(26-29-30-31-33(26)22-9-6-5-7-10-22)32(17-23-11-8-14-35-23)16-21-15-20-13-12-18(2)19(3)25(20)28-27(21)34/h12-13,15,22-24H,4-11,14,16-17H2,1-3H3,(H,28,34). The molecule has 1 saturated heterocycles. The van der Waals surface area contributed by atoms with Crippen molar-refractivity contribution >= 4 is 10.9 Å². The lowest BCUT2D eigenvalue weighted by atomic mass is 9.95. The molecule has 0 spiro atoms. The minimum Gasteiger partial charge on any atom is -0.377 e. The number of aryl methyl sites for hydroxylation is 2. The smallest absolute Gasteiger partial charge is 0.252 e. The number of rotatable bonds is 8. The molecule has 8 heteroatoms. The molecule has 1 saturated carbocycles. The molecule has 8 nitrogen and oxygen atoms in total. The van der Waals surface area contributed by atoms with Crippen molar-refractivity contribution in [3.05, 3.63) is 51.1 Å². The number of pyridine rings is 1. The Labute approximate surface area is 207 Å². The van der Waals surface area contributed by atoms with E-state index in [0.29, 0.717) is 12.6 Å². The molecule has 188 valence electrons. The lowest BCUT2D eigenvalue weighted by molar-refractivity contribution is 0.0481. The maximum Gasteiger partial charge on any atom is 0.252 e. The number of hydrogen-bond acceptors (Lipinski definition) is 6. The molecule has 0 amide bonds. The molecule has 1 aromatic carbocycles. The van der Waals surface area contributed by atoms with Crippen molar-refractivity contribution < 1.29 is 4.74 Å². The predicted octanol–water partition coefficient (Wildman–Crippen LogP) is 4.77. The first-order chi connectivity index (χ1) is 17.0. The van der Waals surface area contributed by atoms with Crippen LogP contribution in [0.5, 0.6) is 0 Å². The van der Waals surface area contributed by atoms with Crippen LogP contribution in [0.4, 0.5) is 0 Å². The van der Waals surface area contributed by atoms with Crippen LogP contribution < -0.4 is 5.56 Å². The molecule has 2 atom stereocenters. The van der Waals surface area contributed by atoms with Gasteiger partial charge < -0.3 is 9.72 Å². The Morgan fingerprint density at radius 2 is 2.00 bits per heavy atom. The normalized spacial score (nSPS) is 20.2. The first-order valence-corrected chi connectivity index (χ1v) is 13.3. The minimum absolute atomic E-state index is 0.0194. The Bertz CT molecular complexity index is 1210. The number of nitrogens with one attached hydrogen (secondary N) is 1. The summed E-state index contributed by atoms with van der Waals surface area (Å²) in [6.07, 6.45) is 9.18. The van der Waals surface area contributed by atoms with Crippen molar-refractivity contribution in [1.82, 2.24) is 30.1 Å². The first kappa shape index (κ1) is 24.1. The van der Waals surface area contributed by atoms with Gasteiger partial charge in [-0.3, -0.25) is 9.69 Å². The van der Waals surface area contributed by atoms with Gasteiger partial charge in [0.25, 0.3) is 5.56 Å². The Morgan fingerprint density at radius 1 is 1.17 bits per heavy atom. The van der Waals surface area contributed by atoms with E-state index in [1.165, 1.54) is 24.8 Å². The van der Waals surface area contributed by atoms with E-state index in [1.807, 2.05) is 0 Å². The number of tetrazole rings is 1. The van der Waals surface area contributed by atoms with Crippen LogP contribution in [-0.2, 0) is 11.3 Å². The maximum absolute atomic E-state index is 13.2. The lowest BCUT2D eigenvalue weighted by Crippen LogP contribution is -2.38. The van der Waals surface area contributed by atoms with Crippen LogP contribution in [0.25, 0.3) is 10.9 Å². The van der Waals surface area contributed by atoms with E-state index in [0.717, 1.165) is 73.1 Å². The summed E-state index contributed by atoms with van der Waals surface area (Å²) in [4.78, 5) is 18.8. The fraction of sp³-hybridized carbons (Fsp3) is 0.630. The molecule has 0 radical (unpaired) electrons. The van der Waals surface area contributed by atoms with E-state index < -0.39 is 0 Å². The van der Waals surface area contributed by atoms with Gasteiger partial charge in [0.15, 0.2) is 5.82 Å². The number of ether oxygens (including phenoxy) is 1. The van der Waals surface area contributed by atoms with Crippen LogP contribution in [0.2, 0.25) is 0 Å². The largest absolute Gasteiger partial charge is 0.377 e. The number of fused-ring (bicyclic) bond motifs is 1. The van der Waals surface area contributed by atoms with E-state index in [-0.39, 0.29) is 17.7 Å². The van der Waals surface area contributed by atoms with Crippen molar-refractivity contribution in [3.8, 4) is 0 Å². The predicted molar refractivity (Wildman–Crippen MR) is 136 cm³/mol. The highest BCUT2D eigenvalue weighted by Crippen LogP contribution is 2.33. The van der Waals surface area contributed by atoms with E-state index >= 15 is 0 Å². The second-order valence-electron chi connectivity index (χ2n) is 10.4. The average Bonchev–Trinajstić information content (AvgIpc) is 3.56. The molecule has 2 fully saturated rings. The molecular weight excluding hydrogens is 440 g/mol. The third-order valence-corrected chi connectivity index (χ3v) is 8.03. The number of aromatic nitrogens is 5. The number of benzene rings is 1. The number of nitrogens with zero attached hydrogens (tertiary/aromatic N) is 5. The van der Waals surface area contributed by atoms with Gasteiger partial charge in [-0.15, -0.1) is 5.10 Å². The van der Waals surface area contributed by atoms with E-state index in [2.05, 4.69) is 69.1 Å².